The van der Waals surface area contributed by atoms with E-state index in [0.29, 0.717) is 5.69 Å². The first kappa shape index (κ1) is 12.4. The van der Waals surface area contributed by atoms with Gasteiger partial charge in [0.2, 0.25) is 6.08 Å². The van der Waals surface area contributed by atoms with Crippen LogP contribution < -0.4 is 4.74 Å². The third kappa shape index (κ3) is 3.49. The Hall–Kier alpha value is -1.64. The molecule has 0 heterocycles. The lowest BCUT2D eigenvalue weighted by molar-refractivity contribution is 0.319. The number of rotatable bonds is 5. The molecule has 0 N–H and O–H groups in total. The number of ether oxygens (including phenoxy) is 1. The van der Waals surface area contributed by atoms with Gasteiger partial charge in [-0.25, -0.2) is 4.79 Å². The molecule has 1 rings (SSSR count). The van der Waals surface area contributed by atoms with Gasteiger partial charge in [0.15, 0.2) is 0 Å². The van der Waals surface area contributed by atoms with Gasteiger partial charge in [0.05, 0.1) is 14.5 Å². The molecule has 0 bridgehead atoms. The van der Waals surface area contributed by atoms with Gasteiger partial charge in [-0.05, 0) is 24.3 Å². The highest BCUT2D eigenvalue weighted by atomic mass is 28.3. The summed E-state index contributed by atoms with van der Waals surface area (Å²) in [4.78, 5) is 13.6. The molecule has 0 aromatic heterocycles. The standard InChI is InChI=1S/C12H15NO2Si/c1-4-12(16(2)3)15-11-7-5-10(6-8-11)13-9-14/h4-8,12,16H,1H2,2-3H3. The van der Waals surface area contributed by atoms with Crippen LogP contribution >= 0.6 is 0 Å². The van der Waals surface area contributed by atoms with E-state index in [2.05, 4.69) is 24.7 Å². The van der Waals surface area contributed by atoms with Crippen molar-refractivity contribution in [3.63, 3.8) is 0 Å². The minimum atomic E-state index is -0.907. The maximum Gasteiger partial charge on any atom is 0.240 e. The van der Waals surface area contributed by atoms with E-state index in [0.717, 1.165) is 5.75 Å². The smallest absolute Gasteiger partial charge is 0.240 e. The summed E-state index contributed by atoms with van der Waals surface area (Å²) in [7, 11) is -0.907. The van der Waals surface area contributed by atoms with E-state index in [9.17, 15) is 4.79 Å². The molecular weight excluding hydrogens is 218 g/mol. The minimum Gasteiger partial charge on any atom is -0.491 e. The normalized spacial score (nSPS) is 11.7. The van der Waals surface area contributed by atoms with Crippen molar-refractivity contribution in [3.05, 3.63) is 36.9 Å². The number of hydrogen-bond donors (Lipinski definition) is 0. The molecule has 1 atom stereocenters. The highest BCUT2D eigenvalue weighted by molar-refractivity contribution is 6.57. The number of benzene rings is 1. The van der Waals surface area contributed by atoms with Crippen LogP contribution in [-0.4, -0.2) is 20.6 Å². The van der Waals surface area contributed by atoms with Crippen LogP contribution in [-0.2, 0) is 4.79 Å². The van der Waals surface area contributed by atoms with Gasteiger partial charge in [-0.15, -0.1) is 0 Å². The van der Waals surface area contributed by atoms with Crippen LogP contribution in [0.4, 0.5) is 5.69 Å². The summed E-state index contributed by atoms with van der Waals surface area (Å²) in [5, 5.41) is 0. The Labute approximate surface area is 97.1 Å². The molecule has 4 heteroatoms. The predicted octanol–water partition coefficient (Wildman–Crippen LogP) is 2.61. The molecule has 84 valence electrons. The molecule has 0 aliphatic carbocycles. The molecule has 0 fully saturated rings. The third-order valence-electron chi connectivity index (χ3n) is 2.17. The second kappa shape index (κ2) is 6.05. The molecule has 0 radical (unpaired) electrons. The van der Waals surface area contributed by atoms with E-state index in [1.807, 2.05) is 6.08 Å². The highest BCUT2D eigenvalue weighted by Crippen LogP contribution is 2.19. The van der Waals surface area contributed by atoms with Crippen LogP contribution in [0, 0.1) is 0 Å². The summed E-state index contributed by atoms with van der Waals surface area (Å²) in [6.07, 6.45) is 3.34. The van der Waals surface area contributed by atoms with Gasteiger partial charge < -0.3 is 4.74 Å². The zero-order chi connectivity index (χ0) is 12.0. The van der Waals surface area contributed by atoms with Crippen molar-refractivity contribution < 1.29 is 9.53 Å². The zero-order valence-electron chi connectivity index (χ0n) is 9.51. The molecule has 0 amide bonds. The van der Waals surface area contributed by atoms with Gasteiger partial charge in [-0.3, -0.25) is 0 Å². The number of hydrogen-bond acceptors (Lipinski definition) is 3. The zero-order valence-corrected chi connectivity index (χ0v) is 10.7. The molecule has 1 aromatic rings. The van der Waals surface area contributed by atoms with Crippen LogP contribution in [0.25, 0.3) is 0 Å². The quantitative estimate of drug-likeness (QED) is 0.339. The predicted molar refractivity (Wildman–Crippen MR) is 67.7 cm³/mol. The summed E-state index contributed by atoms with van der Waals surface area (Å²) in [5.41, 5.74) is 0.708. The fourth-order valence-electron chi connectivity index (χ4n) is 1.27. The Morgan fingerprint density at radius 3 is 2.50 bits per heavy atom. The first-order chi connectivity index (χ1) is 7.67. The van der Waals surface area contributed by atoms with Crippen LogP contribution in [0.15, 0.2) is 41.9 Å². The van der Waals surface area contributed by atoms with Gasteiger partial charge >= 0.3 is 0 Å². The maximum atomic E-state index is 10.0. The molecule has 0 saturated carbocycles. The molecule has 1 aromatic carbocycles. The molecule has 0 spiro atoms. The Bertz CT molecular complexity index is 394. The number of carbonyl (C=O) groups excluding carboxylic acids is 1. The Balaban J connectivity index is 2.74. The average molecular weight is 233 g/mol. The van der Waals surface area contributed by atoms with Crippen LogP contribution in [0.3, 0.4) is 0 Å². The summed E-state index contributed by atoms with van der Waals surface area (Å²) < 4.78 is 5.76. The average Bonchev–Trinajstić information content (AvgIpc) is 2.28. The fraction of sp³-hybridized carbons (Fsp3) is 0.250. The number of isocyanates is 1. The minimum absolute atomic E-state index is 0.125. The maximum absolute atomic E-state index is 10.0. The lowest BCUT2D eigenvalue weighted by Crippen LogP contribution is -2.28. The van der Waals surface area contributed by atoms with Gasteiger partial charge in [0.1, 0.15) is 11.5 Å². The number of aliphatic imine (C=N–C) groups is 1. The summed E-state index contributed by atoms with van der Waals surface area (Å²) in [6, 6.07) is 7.04. The van der Waals surface area contributed by atoms with Crippen LogP contribution in [0.5, 0.6) is 5.75 Å². The SMILES string of the molecule is C=CC(Oc1ccc(N=C=O)cc1)[SiH](C)C. The van der Waals surface area contributed by atoms with Crippen molar-refractivity contribution in [2.45, 2.75) is 18.8 Å². The van der Waals surface area contributed by atoms with Crippen molar-refractivity contribution in [1.82, 2.24) is 0 Å². The van der Waals surface area contributed by atoms with E-state index >= 15 is 0 Å². The second-order valence-corrected chi connectivity index (χ2v) is 6.90. The molecular formula is C12H15NO2Si. The fourth-order valence-corrected chi connectivity index (χ4v) is 2.24. The Kier molecular flexibility index (Phi) is 4.70. The lowest BCUT2D eigenvalue weighted by atomic mass is 10.3. The van der Waals surface area contributed by atoms with Gasteiger partial charge in [-0.2, -0.15) is 4.99 Å². The van der Waals surface area contributed by atoms with Crippen molar-refractivity contribution in [1.29, 1.82) is 0 Å². The van der Waals surface area contributed by atoms with Crippen molar-refractivity contribution >= 4 is 20.6 Å². The summed E-state index contributed by atoms with van der Waals surface area (Å²) >= 11 is 0. The molecule has 0 aliphatic rings. The number of nitrogens with zero attached hydrogens (tertiary/aromatic N) is 1. The topological polar surface area (TPSA) is 38.7 Å². The highest BCUT2D eigenvalue weighted by Gasteiger charge is 2.11. The Morgan fingerprint density at radius 1 is 1.44 bits per heavy atom. The molecule has 0 aliphatic heterocycles. The lowest BCUT2D eigenvalue weighted by Gasteiger charge is -2.18. The molecule has 3 nitrogen and oxygen atoms in total. The monoisotopic (exact) mass is 233 g/mol. The summed E-state index contributed by atoms with van der Waals surface area (Å²) in [6.45, 7) is 8.18. The molecule has 0 saturated heterocycles. The third-order valence-corrected chi connectivity index (χ3v) is 3.90. The van der Waals surface area contributed by atoms with Crippen LogP contribution in [0.1, 0.15) is 0 Å². The van der Waals surface area contributed by atoms with Gasteiger partial charge in [0.25, 0.3) is 0 Å². The van der Waals surface area contributed by atoms with E-state index in [-0.39, 0.29) is 5.73 Å². The first-order valence-corrected chi connectivity index (χ1v) is 8.12. The first-order valence-electron chi connectivity index (χ1n) is 5.14. The molecule has 1 unspecified atom stereocenters. The van der Waals surface area contributed by atoms with Crippen molar-refractivity contribution in [2.75, 3.05) is 0 Å². The second-order valence-electron chi connectivity index (χ2n) is 3.76. The Morgan fingerprint density at radius 2 is 2.06 bits per heavy atom. The van der Waals surface area contributed by atoms with Crippen LogP contribution in [0.2, 0.25) is 13.1 Å². The summed E-state index contributed by atoms with van der Waals surface area (Å²) in [5.74, 6) is 0.774. The van der Waals surface area contributed by atoms with E-state index in [1.54, 1.807) is 24.3 Å². The van der Waals surface area contributed by atoms with E-state index in [1.165, 1.54) is 6.08 Å². The van der Waals surface area contributed by atoms with Gasteiger partial charge in [-0.1, -0.05) is 25.7 Å². The van der Waals surface area contributed by atoms with Crippen molar-refractivity contribution in [2.24, 2.45) is 4.99 Å². The molecule has 16 heavy (non-hydrogen) atoms. The van der Waals surface area contributed by atoms with E-state index < -0.39 is 8.80 Å². The van der Waals surface area contributed by atoms with Gasteiger partial charge in [0, 0.05) is 0 Å². The largest absolute Gasteiger partial charge is 0.491 e. The van der Waals surface area contributed by atoms with E-state index in [4.69, 9.17) is 4.74 Å². The van der Waals surface area contributed by atoms with Crippen molar-refractivity contribution in [3.8, 4) is 5.75 Å².